The maximum atomic E-state index is 13.3. The monoisotopic (exact) mass is 438 g/mol. The highest BCUT2D eigenvalue weighted by Gasteiger charge is 2.46. The molecule has 3 saturated heterocycles. The minimum absolute atomic E-state index is 0.125. The molecule has 32 heavy (non-hydrogen) atoms. The minimum Gasteiger partial charge on any atom is -0.317 e. The van der Waals surface area contributed by atoms with E-state index in [1.807, 2.05) is 12.1 Å². The standard InChI is InChI=1S/C24H30N4O4/c1-15-13-27(12-9-24(15)7-10-25-11-8-24)14-16-3-2-4-17-20(16)23(32)28(22(17)31)18-5-6-19(29)26-21(18)30/h2-4,15,18,25H,5-14H2,1H3,(H,26,29,30). The summed E-state index contributed by atoms with van der Waals surface area (Å²) in [7, 11) is 0. The fraction of sp³-hybridized carbons (Fsp3) is 0.583. The van der Waals surface area contributed by atoms with Crippen molar-refractivity contribution in [2.45, 2.75) is 51.6 Å². The number of likely N-dealkylation sites (tertiary alicyclic amines) is 1. The van der Waals surface area contributed by atoms with Crippen molar-refractivity contribution in [2.75, 3.05) is 26.2 Å². The largest absolute Gasteiger partial charge is 0.317 e. The van der Waals surface area contributed by atoms with Crippen LogP contribution in [0.15, 0.2) is 18.2 Å². The first kappa shape index (κ1) is 21.3. The molecule has 1 spiro atoms. The lowest BCUT2D eigenvalue weighted by atomic mass is 9.65. The van der Waals surface area contributed by atoms with E-state index in [2.05, 4.69) is 22.5 Å². The van der Waals surface area contributed by atoms with Crippen molar-refractivity contribution in [1.29, 1.82) is 0 Å². The number of nitrogens with zero attached hydrogens (tertiary/aromatic N) is 2. The number of hydrogen-bond donors (Lipinski definition) is 2. The van der Waals surface area contributed by atoms with E-state index in [0.717, 1.165) is 43.1 Å². The first-order chi connectivity index (χ1) is 15.4. The second-order valence-corrected chi connectivity index (χ2v) is 9.79. The molecule has 4 aliphatic heterocycles. The van der Waals surface area contributed by atoms with Crippen molar-refractivity contribution in [3.05, 3.63) is 34.9 Å². The molecule has 4 heterocycles. The number of benzene rings is 1. The summed E-state index contributed by atoms with van der Waals surface area (Å²) in [5.74, 6) is -1.23. The van der Waals surface area contributed by atoms with Crippen LogP contribution >= 0.6 is 0 Å². The van der Waals surface area contributed by atoms with E-state index >= 15 is 0 Å². The Morgan fingerprint density at radius 1 is 1.06 bits per heavy atom. The summed E-state index contributed by atoms with van der Waals surface area (Å²) < 4.78 is 0. The molecule has 5 rings (SSSR count). The van der Waals surface area contributed by atoms with Crippen molar-refractivity contribution >= 4 is 23.6 Å². The Kier molecular flexibility index (Phi) is 5.37. The molecule has 2 atom stereocenters. The number of nitrogens with one attached hydrogen (secondary N) is 2. The van der Waals surface area contributed by atoms with Crippen molar-refractivity contribution in [1.82, 2.24) is 20.4 Å². The van der Waals surface area contributed by atoms with Crippen molar-refractivity contribution < 1.29 is 19.2 Å². The summed E-state index contributed by atoms with van der Waals surface area (Å²) in [5.41, 5.74) is 2.02. The highest BCUT2D eigenvalue weighted by atomic mass is 16.2. The first-order valence-corrected chi connectivity index (χ1v) is 11.7. The van der Waals surface area contributed by atoms with Crippen LogP contribution in [0.1, 0.15) is 65.3 Å². The van der Waals surface area contributed by atoms with Gasteiger partial charge in [0.15, 0.2) is 0 Å². The Hall–Kier alpha value is -2.58. The number of piperidine rings is 3. The van der Waals surface area contributed by atoms with E-state index in [4.69, 9.17) is 0 Å². The van der Waals surface area contributed by atoms with Gasteiger partial charge in [-0.3, -0.25) is 34.3 Å². The zero-order valence-corrected chi connectivity index (χ0v) is 18.5. The van der Waals surface area contributed by atoms with E-state index in [9.17, 15) is 19.2 Å². The lowest BCUT2D eigenvalue weighted by Crippen LogP contribution is -2.54. The van der Waals surface area contributed by atoms with E-state index in [0.29, 0.717) is 29.0 Å². The average molecular weight is 439 g/mol. The van der Waals surface area contributed by atoms with E-state index < -0.39 is 23.8 Å². The zero-order valence-electron chi connectivity index (χ0n) is 18.5. The van der Waals surface area contributed by atoms with Crippen molar-refractivity contribution in [2.24, 2.45) is 11.3 Å². The molecule has 2 N–H and O–H groups in total. The number of carbonyl (C=O) groups excluding carboxylic acids is 4. The smallest absolute Gasteiger partial charge is 0.262 e. The molecule has 0 bridgehead atoms. The molecule has 2 unspecified atom stereocenters. The lowest BCUT2D eigenvalue weighted by molar-refractivity contribution is -0.136. The van der Waals surface area contributed by atoms with Gasteiger partial charge in [0.05, 0.1) is 11.1 Å². The van der Waals surface area contributed by atoms with Gasteiger partial charge < -0.3 is 5.32 Å². The zero-order chi connectivity index (χ0) is 22.5. The number of carbonyl (C=O) groups is 4. The molecule has 0 saturated carbocycles. The number of hydrogen-bond acceptors (Lipinski definition) is 6. The molecule has 3 fully saturated rings. The second kappa shape index (κ2) is 8.08. The Morgan fingerprint density at radius 2 is 1.84 bits per heavy atom. The third-order valence-corrected chi connectivity index (χ3v) is 8.05. The Bertz CT molecular complexity index is 984. The molecule has 0 radical (unpaired) electrons. The minimum atomic E-state index is -0.928. The average Bonchev–Trinajstić information content (AvgIpc) is 3.03. The Morgan fingerprint density at radius 3 is 2.56 bits per heavy atom. The van der Waals surface area contributed by atoms with Crippen LogP contribution in [-0.4, -0.2) is 65.6 Å². The number of fused-ring (bicyclic) bond motifs is 1. The van der Waals surface area contributed by atoms with Crippen LogP contribution in [0.5, 0.6) is 0 Å². The predicted molar refractivity (Wildman–Crippen MR) is 117 cm³/mol. The van der Waals surface area contributed by atoms with Gasteiger partial charge in [0.2, 0.25) is 11.8 Å². The van der Waals surface area contributed by atoms with Gasteiger partial charge in [-0.15, -0.1) is 0 Å². The van der Waals surface area contributed by atoms with Gasteiger partial charge in [0.1, 0.15) is 6.04 Å². The van der Waals surface area contributed by atoms with Crippen LogP contribution in [0, 0.1) is 11.3 Å². The van der Waals surface area contributed by atoms with Crippen LogP contribution in [0.4, 0.5) is 0 Å². The van der Waals surface area contributed by atoms with Crippen LogP contribution in [0.3, 0.4) is 0 Å². The Balaban J connectivity index is 1.35. The number of rotatable bonds is 3. The molecule has 0 aromatic heterocycles. The molecule has 4 amide bonds. The van der Waals surface area contributed by atoms with Gasteiger partial charge in [0.25, 0.3) is 11.8 Å². The van der Waals surface area contributed by atoms with E-state index in [-0.39, 0.29) is 18.7 Å². The summed E-state index contributed by atoms with van der Waals surface area (Å²) in [6.45, 7) is 7.08. The quantitative estimate of drug-likeness (QED) is 0.691. The van der Waals surface area contributed by atoms with Crippen LogP contribution in [0.2, 0.25) is 0 Å². The highest BCUT2D eigenvalue weighted by molar-refractivity contribution is 6.24. The summed E-state index contributed by atoms with van der Waals surface area (Å²) in [5, 5.41) is 5.72. The topological polar surface area (TPSA) is 98.8 Å². The summed E-state index contributed by atoms with van der Waals surface area (Å²) in [6.07, 6.45) is 3.89. The number of imide groups is 2. The van der Waals surface area contributed by atoms with Gasteiger partial charge in [-0.1, -0.05) is 19.1 Å². The lowest BCUT2D eigenvalue weighted by Gasteiger charge is -2.49. The van der Waals surface area contributed by atoms with Gasteiger partial charge in [-0.05, 0) is 68.3 Å². The Labute approximate surface area is 187 Å². The SMILES string of the molecule is CC1CN(Cc2cccc3c2C(=O)N(C2CCC(=O)NC2=O)C3=O)CCC12CCNCC2. The molecular formula is C24H30N4O4. The normalized spacial score (nSPS) is 28.2. The van der Waals surface area contributed by atoms with E-state index in [1.165, 1.54) is 12.8 Å². The fourth-order valence-corrected chi connectivity index (χ4v) is 6.07. The van der Waals surface area contributed by atoms with Crippen LogP contribution in [0.25, 0.3) is 0 Å². The highest BCUT2D eigenvalue weighted by Crippen LogP contribution is 2.44. The maximum Gasteiger partial charge on any atom is 0.262 e. The van der Waals surface area contributed by atoms with Gasteiger partial charge in [-0.2, -0.15) is 0 Å². The molecule has 8 heteroatoms. The van der Waals surface area contributed by atoms with E-state index in [1.54, 1.807) is 6.07 Å². The molecular weight excluding hydrogens is 408 g/mol. The van der Waals surface area contributed by atoms with Crippen molar-refractivity contribution in [3.8, 4) is 0 Å². The summed E-state index contributed by atoms with van der Waals surface area (Å²) >= 11 is 0. The van der Waals surface area contributed by atoms with Gasteiger partial charge >= 0.3 is 0 Å². The van der Waals surface area contributed by atoms with Crippen LogP contribution < -0.4 is 10.6 Å². The molecule has 8 nitrogen and oxygen atoms in total. The molecule has 4 aliphatic rings. The van der Waals surface area contributed by atoms with Crippen LogP contribution in [-0.2, 0) is 16.1 Å². The summed E-state index contributed by atoms with van der Waals surface area (Å²) in [4.78, 5) is 53.6. The molecule has 1 aromatic rings. The van der Waals surface area contributed by atoms with Gasteiger partial charge in [-0.25, -0.2) is 0 Å². The molecule has 0 aliphatic carbocycles. The maximum absolute atomic E-state index is 13.3. The van der Waals surface area contributed by atoms with Gasteiger partial charge in [0, 0.05) is 19.5 Å². The molecule has 1 aromatic carbocycles. The first-order valence-electron chi connectivity index (χ1n) is 11.7. The predicted octanol–water partition coefficient (Wildman–Crippen LogP) is 1.30. The van der Waals surface area contributed by atoms with Crippen molar-refractivity contribution in [3.63, 3.8) is 0 Å². The number of amides is 4. The third-order valence-electron chi connectivity index (χ3n) is 8.05. The summed E-state index contributed by atoms with van der Waals surface area (Å²) in [6, 6.07) is 4.46. The fourth-order valence-electron chi connectivity index (χ4n) is 6.07. The molecule has 170 valence electrons. The second-order valence-electron chi connectivity index (χ2n) is 9.79. The third kappa shape index (κ3) is 3.46.